The third-order valence-corrected chi connectivity index (χ3v) is 8.55. The van der Waals surface area contributed by atoms with Gasteiger partial charge in [0.15, 0.2) is 5.78 Å². The van der Waals surface area contributed by atoms with E-state index >= 15 is 0 Å². The number of rotatable bonds is 8. The van der Waals surface area contributed by atoms with Gasteiger partial charge in [0.05, 0.1) is 5.52 Å². The molecule has 5 nitrogen and oxygen atoms in total. The normalized spacial score (nSPS) is 22.3. The Morgan fingerprint density at radius 2 is 1.63 bits per heavy atom. The van der Waals surface area contributed by atoms with Gasteiger partial charge in [-0.25, -0.2) is 4.39 Å². The van der Waals surface area contributed by atoms with Crippen LogP contribution in [-0.4, -0.2) is 26.4 Å². The summed E-state index contributed by atoms with van der Waals surface area (Å²) in [5.74, 6) is -0.386. The fraction of sp³-hybridized carbons (Fsp3) is 0.344. The topological polar surface area (TPSA) is 72.2 Å². The molecule has 194 valence electrons. The maximum atomic E-state index is 14.7. The Labute approximate surface area is 221 Å². The summed E-state index contributed by atoms with van der Waals surface area (Å²) in [7, 11) is 0. The van der Waals surface area contributed by atoms with Crippen LogP contribution in [-0.2, 0) is 11.3 Å². The fourth-order valence-electron chi connectivity index (χ4n) is 6.86. The average molecular weight is 511 g/mol. The lowest BCUT2D eigenvalue weighted by Crippen LogP contribution is -2.48. The number of hydrogen-bond donors (Lipinski definition) is 1. The minimum atomic E-state index is -0.723. The van der Waals surface area contributed by atoms with Crippen LogP contribution in [0, 0.1) is 30.0 Å². The summed E-state index contributed by atoms with van der Waals surface area (Å²) in [6.45, 7) is 2.50. The predicted molar refractivity (Wildman–Crippen MR) is 144 cm³/mol. The highest BCUT2D eigenvalue weighted by Crippen LogP contribution is 2.62. The van der Waals surface area contributed by atoms with E-state index in [2.05, 4.69) is 35.3 Å². The Balaban J connectivity index is 1.16. The summed E-state index contributed by atoms with van der Waals surface area (Å²) in [6, 6.07) is 17.1. The van der Waals surface area contributed by atoms with Crippen LogP contribution < -0.4 is 0 Å². The number of carbonyl (C=O) groups excluding carboxylic acids is 1. The number of carboxylic acids is 1. The van der Waals surface area contributed by atoms with E-state index in [0.717, 1.165) is 48.1 Å². The lowest BCUT2D eigenvalue weighted by molar-refractivity contribution is -0.142. The number of ketones is 1. The van der Waals surface area contributed by atoms with Gasteiger partial charge in [-0.15, -0.1) is 0 Å². The van der Waals surface area contributed by atoms with Crippen molar-refractivity contribution in [2.45, 2.75) is 52.0 Å². The van der Waals surface area contributed by atoms with E-state index < -0.39 is 5.97 Å². The number of nitrogens with zero attached hydrogens (tertiary/aromatic N) is 2. The SMILES string of the molecule is Cc1ccc(-c2ccc(Cn3ccc4c(F)ccc(C(=O)CC5CC6(CC(CC(=O)O)C6)C5)c43)cc2)cn1. The van der Waals surface area contributed by atoms with Gasteiger partial charge < -0.3 is 9.67 Å². The van der Waals surface area contributed by atoms with Crippen molar-refractivity contribution in [3.05, 3.63) is 89.6 Å². The number of hydrogen-bond acceptors (Lipinski definition) is 3. The van der Waals surface area contributed by atoms with Crippen LogP contribution in [0.15, 0.2) is 67.0 Å². The smallest absolute Gasteiger partial charge is 0.303 e. The molecular formula is C32H31FN2O3. The quantitative estimate of drug-likeness (QED) is 0.258. The Morgan fingerprint density at radius 1 is 0.947 bits per heavy atom. The summed E-state index contributed by atoms with van der Waals surface area (Å²) < 4.78 is 16.7. The molecule has 4 aromatic rings. The summed E-state index contributed by atoms with van der Waals surface area (Å²) in [4.78, 5) is 28.7. The predicted octanol–water partition coefficient (Wildman–Crippen LogP) is 7.05. The van der Waals surface area contributed by atoms with Gasteiger partial charge in [-0.1, -0.05) is 30.3 Å². The van der Waals surface area contributed by atoms with Gasteiger partial charge in [-0.05, 0) is 85.3 Å². The number of aryl methyl sites for hydroxylation is 1. The summed E-state index contributed by atoms with van der Waals surface area (Å²) >= 11 is 0. The second-order valence-corrected chi connectivity index (χ2v) is 11.5. The highest BCUT2D eigenvalue weighted by Gasteiger charge is 2.53. The molecule has 0 saturated heterocycles. The number of carbonyl (C=O) groups is 2. The molecule has 0 amide bonds. The van der Waals surface area contributed by atoms with Crippen LogP contribution >= 0.6 is 0 Å². The van der Waals surface area contributed by atoms with Crippen LogP contribution in [0.2, 0.25) is 0 Å². The van der Waals surface area contributed by atoms with Gasteiger partial charge in [0.25, 0.3) is 0 Å². The van der Waals surface area contributed by atoms with Crippen molar-refractivity contribution >= 4 is 22.7 Å². The molecule has 2 aromatic carbocycles. The molecule has 0 unspecified atom stereocenters. The molecular weight excluding hydrogens is 479 g/mol. The van der Waals surface area contributed by atoms with Gasteiger partial charge in [0.2, 0.25) is 0 Å². The molecule has 2 aromatic heterocycles. The molecule has 0 radical (unpaired) electrons. The maximum absolute atomic E-state index is 14.7. The first-order chi connectivity index (χ1) is 18.3. The molecule has 1 spiro atoms. The standard InChI is InChI=1S/C32H31FN2O3/c1-20-2-5-25(18-34-20)24-6-3-21(4-7-24)19-35-11-10-26-28(33)9-8-27(31(26)35)29(36)12-22-14-32(15-22)16-23(17-32)13-30(37)38/h2-11,18,22-23H,12-17,19H2,1H3,(H,37,38). The molecule has 1 N–H and O–H groups in total. The minimum Gasteiger partial charge on any atom is -0.481 e. The number of Topliss-reactive ketones (excluding diaryl/α,β-unsaturated/α-hetero) is 1. The number of halogens is 1. The van der Waals surface area contributed by atoms with Crippen molar-refractivity contribution in [2.75, 3.05) is 0 Å². The molecule has 2 aliphatic rings. The van der Waals surface area contributed by atoms with E-state index in [0.29, 0.717) is 35.3 Å². The molecule has 2 fully saturated rings. The highest BCUT2D eigenvalue weighted by atomic mass is 19.1. The molecule has 0 aliphatic heterocycles. The van der Waals surface area contributed by atoms with Crippen molar-refractivity contribution in [3.8, 4) is 11.1 Å². The monoisotopic (exact) mass is 510 g/mol. The lowest BCUT2D eigenvalue weighted by Gasteiger charge is -2.58. The zero-order chi connectivity index (χ0) is 26.4. The van der Waals surface area contributed by atoms with E-state index in [1.807, 2.05) is 30.0 Å². The van der Waals surface area contributed by atoms with Crippen LogP contribution in [0.25, 0.3) is 22.0 Å². The van der Waals surface area contributed by atoms with E-state index in [1.54, 1.807) is 12.1 Å². The van der Waals surface area contributed by atoms with Crippen molar-refractivity contribution in [1.82, 2.24) is 9.55 Å². The Bertz CT molecular complexity index is 1510. The summed E-state index contributed by atoms with van der Waals surface area (Å²) in [6.07, 6.45) is 8.34. The molecule has 38 heavy (non-hydrogen) atoms. The molecule has 0 atom stereocenters. The number of aromatic nitrogens is 2. The number of aliphatic carboxylic acids is 1. The van der Waals surface area contributed by atoms with Gasteiger partial charge in [-0.3, -0.25) is 14.6 Å². The summed E-state index contributed by atoms with van der Waals surface area (Å²) in [5.41, 5.74) is 5.67. The molecule has 0 bridgehead atoms. The Kier molecular flexibility index (Phi) is 6.13. The zero-order valence-electron chi connectivity index (χ0n) is 21.5. The molecule has 2 saturated carbocycles. The second kappa shape index (κ2) is 9.50. The highest BCUT2D eigenvalue weighted by molar-refractivity contribution is 6.07. The van der Waals surface area contributed by atoms with E-state index in [9.17, 15) is 14.0 Å². The second-order valence-electron chi connectivity index (χ2n) is 11.5. The van der Waals surface area contributed by atoms with Gasteiger partial charge in [0.1, 0.15) is 5.82 Å². The Hall–Kier alpha value is -3.80. The van der Waals surface area contributed by atoms with Crippen molar-refractivity contribution in [1.29, 1.82) is 0 Å². The minimum absolute atomic E-state index is 0.0541. The largest absolute Gasteiger partial charge is 0.481 e. The van der Waals surface area contributed by atoms with Crippen LogP contribution in [0.4, 0.5) is 4.39 Å². The number of carboxylic acid groups (broad SMARTS) is 1. The zero-order valence-corrected chi connectivity index (χ0v) is 21.5. The van der Waals surface area contributed by atoms with E-state index in [-0.39, 0.29) is 29.4 Å². The van der Waals surface area contributed by atoms with Crippen molar-refractivity contribution < 1.29 is 19.1 Å². The fourth-order valence-corrected chi connectivity index (χ4v) is 6.86. The van der Waals surface area contributed by atoms with E-state index in [4.69, 9.17) is 5.11 Å². The maximum Gasteiger partial charge on any atom is 0.303 e. The number of benzene rings is 2. The van der Waals surface area contributed by atoms with Gasteiger partial charge >= 0.3 is 5.97 Å². The molecule has 6 heteroatoms. The molecule has 6 rings (SSSR count). The van der Waals surface area contributed by atoms with Gasteiger partial charge in [0, 0.05) is 54.0 Å². The number of fused-ring (bicyclic) bond motifs is 1. The Morgan fingerprint density at radius 3 is 2.29 bits per heavy atom. The molecule has 2 aliphatic carbocycles. The van der Waals surface area contributed by atoms with E-state index in [1.165, 1.54) is 6.07 Å². The van der Waals surface area contributed by atoms with Crippen LogP contribution in [0.1, 0.15) is 60.1 Å². The average Bonchev–Trinajstić information content (AvgIpc) is 3.27. The first kappa shape index (κ1) is 24.5. The number of pyridine rings is 1. The molecule has 2 heterocycles. The van der Waals surface area contributed by atoms with Crippen LogP contribution in [0.3, 0.4) is 0 Å². The van der Waals surface area contributed by atoms with Crippen molar-refractivity contribution in [3.63, 3.8) is 0 Å². The summed E-state index contributed by atoms with van der Waals surface area (Å²) in [5, 5.41) is 9.47. The first-order valence-corrected chi connectivity index (χ1v) is 13.3. The van der Waals surface area contributed by atoms with Crippen molar-refractivity contribution in [2.24, 2.45) is 17.3 Å². The third kappa shape index (κ3) is 4.64. The van der Waals surface area contributed by atoms with Crippen LogP contribution in [0.5, 0.6) is 0 Å². The van der Waals surface area contributed by atoms with Gasteiger partial charge in [-0.2, -0.15) is 0 Å². The first-order valence-electron chi connectivity index (χ1n) is 13.3. The third-order valence-electron chi connectivity index (χ3n) is 8.55. The lowest BCUT2D eigenvalue weighted by atomic mass is 9.47.